The average molecular weight is 477 g/mol. The highest BCUT2D eigenvalue weighted by atomic mass is 16.5. The molecule has 5 nitrogen and oxygen atoms in total. The number of carbonyl (C=O) groups excluding carboxylic acids is 1. The van der Waals surface area contributed by atoms with Gasteiger partial charge in [-0.05, 0) is 68.0 Å². The molecular formula is C30H36O5. The second kappa shape index (κ2) is 10.7. The van der Waals surface area contributed by atoms with Crippen LogP contribution in [0.5, 0.6) is 0 Å². The van der Waals surface area contributed by atoms with Gasteiger partial charge in [0.15, 0.2) is 5.78 Å². The number of hydrogen-bond acceptors (Lipinski definition) is 5. The third kappa shape index (κ3) is 5.79. The fraction of sp³-hybridized carbons (Fsp3) is 0.433. The van der Waals surface area contributed by atoms with Crippen LogP contribution in [0.25, 0.3) is 0 Å². The Morgan fingerprint density at radius 1 is 1.20 bits per heavy atom. The minimum atomic E-state index is -0.413. The first kappa shape index (κ1) is 25.1. The van der Waals surface area contributed by atoms with Gasteiger partial charge in [-0.1, -0.05) is 50.3 Å². The van der Waals surface area contributed by atoms with Crippen LogP contribution in [-0.4, -0.2) is 29.7 Å². The van der Waals surface area contributed by atoms with Crippen molar-refractivity contribution in [3.63, 3.8) is 0 Å². The van der Waals surface area contributed by atoms with Crippen LogP contribution >= 0.6 is 0 Å². The van der Waals surface area contributed by atoms with E-state index in [0.717, 1.165) is 23.3 Å². The molecule has 0 saturated carbocycles. The highest BCUT2D eigenvalue weighted by Gasteiger charge is 2.36. The summed E-state index contributed by atoms with van der Waals surface area (Å²) in [6, 6.07) is 9.96. The number of hydrogen-bond donors (Lipinski definition) is 1. The molecule has 1 heterocycles. The monoisotopic (exact) mass is 476 g/mol. The Morgan fingerprint density at radius 2 is 1.97 bits per heavy atom. The standard InChI is InChI=1S/C30H36O5/c1-5-21-11-12-23(27(16-21)33-18-22-9-7-6-8-10-22)26(32)19-34-29-24-13-14-30(3,4)35-28(24)15-20(2)25(29)17-31/h6-11,13-16,20,23,25,31H,5,12,17-19H2,1-4H3. The van der Waals surface area contributed by atoms with Gasteiger partial charge in [-0.2, -0.15) is 0 Å². The Balaban J connectivity index is 1.50. The molecule has 1 N–H and O–H groups in total. The van der Waals surface area contributed by atoms with Crippen LogP contribution in [0.3, 0.4) is 0 Å². The summed E-state index contributed by atoms with van der Waals surface area (Å²) in [5.41, 5.74) is 2.63. The number of aliphatic hydroxyl groups is 1. The number of benzene rings is 1. The topological polar surface area (TPSA) is 65.0 Å². The van der Waals surface area contributed by atoms with E-state index in [4.69, 9.17) is 14.2 Å². The maximum atomic E-state index is 13.4. The molecule has 3 aliphatic rings. The van der Waals surface area contributed by atoms with Gasteiger partial charge in [-0.15, -0.1) is 0 Å². The van der Waals surface area contributed by atoms with Crippen molar-refractivity contribution in [3.05, 3.63) is 94.7 Å². The lowest BCUT2D eigenvalue weighted by atomic mass is 9.83. The van der Waals surface area contributed by atoms with E-state index >= 15 is 0 Å². The first-order valence-corrected chi connectivity index (χ1v) is 12.5. The molecule has 3 unspecified atom stereocenters. The van der Waals surface area contributed by atoms with E-state index in [1.807, 2.05) is 75.4 Å². The smallest absolute Gasteiger partial charge is 0.181 e. The van der Waals surface area contributed by atoms with E-state index in [-0.39, 0.29) is 36.8 Å². The molecule has 5 heteroatoms. The van der Waals surface area contributed by atoms with Crippen molar-refractivity contribution in [2.24, 2.45) is 17.8 Å². The number of aliphatic hydroxyl groups excluding tert-OH is 1. The van der Waals surface area contributed by atoms with Crippen LogP contribution in [0.2, 0.25) is 0 Å². The van der Waals surface area contributed by atoms with E-state index in [1.165, 1.54) is 5.57 Å². The van der Waals surface area contributed by atoms with Crippen LogP contribution in [0, 0.1) is 17.8 Å². The van der Waals surface area contributed by atoms with Crippen molar-refractivity contribution in [2.45, 2.75) is 52.7 Å². The summed E-state index contributed by atoms with van der Waals surface area (Å²) in [6.07, 6.45) is 11.6. The van der Waals surface area contributed by atoms with Gasteiger partial charge in [-0.3, -0.25) is 4.79 Å². The van der Waals surface area contributed by atoms with Gasteiger partial charge in [0.1, 0.15) is 36.1 Å². The SMILES string of the molecule is CCC1=CCC(C(=O)COC2=C3C=CC(C)(C)OC3=CC(C)C2CO)C(OCc2ccccc2)=C1. The van der Waals surface area contributed by atoms with Gasteiger partial charge >= 0.3 is 0 Å². The third-order valence-corrected chi connectivity index (χ3v) is 6.84. The second-order valence-electron chi connectivity index (χ2n) is 9.99. The summed E-state index contributed by atoms with van der Waals surface area (Å²) in [6.45, 7) is 8.39. The lowest BCUT2D eigenvalue weighted by Gasteiger charge is -2.36. The molecule has 1 aromatic carbocycles. The Kier molecular flexibility index (Phi) is 7.66. The van der Waals surface area contributed by atoms with Gasteiger partial charge < -0.3 is 19.3 Å². The molecule has 1 aromatic rings. The van der Waals surface area contributed by atoms with Gasteiger partial charge in [0.2, 0.25) is 0 Å². The molecule has 0 bridgehead atoms. The summed E-state index contributed by atoms with van der Waals surface area (Å²) < 4.78 is 18.5. The second-order valence-corrected chi connectivity index (χ2v) is 9.99. The van der Waals surface area contributed by atoms with Gasteiger partial charge in [0, 0.05) is 5.92 Å². The lowest BCUT2D eigenvalue weighted by molar-refractivity contribution is -0.126. The number of Topliss-reactive ketones (excluding diaryl/α,β-unsaturated/α-hetero) is 1. The fourth-order valence-electron chi connectivity index (χ4n) is 4.69. The van der Waals surface area contributed by atoms with Crippen molar-refractivity contribution in [1.29, 1.82) is 0 Å². The predicted molar refractivity (Wildman–Crippen MR) is 136 cm³/mol. The quantitative estimate of drug-likeness (QED) is 0.489. The maximum Gasteiger partial charge on any atom is 0.181 e. The number of allylic oxidation sites excluding steroid dienone is 6. The third-order valence-electron chi connectivity index (χ3n) is 6.84. The zero-order chi connectivity index (χ0) is 25.0. The van der Waals surface area contributed by atoms with Gasteiger partial charge in [0.25, 0.3) is 0 Å². The van der Waals surface area contributed by atoms with E-state index < -0.39 is 5.60 Å². The predicted octanol–water partition coefficient (Wildman–Crippen LogP) is 5.79. The van der Waals surface area contributed by atoms with Crippen molar-refractivity contribution in [3.8, 4) is 0 Å². The Morgan fingerprint density at radius 3 is 2.69 bits per heavy atom. The van der Waals surface area contributed by atoms with Crippen molar-refractivity contribution in [2.75, 3.05) is 13.2 Å². The normalized spacial score (nSPS) is 25.1. The van der Waals surface area contributed by atoms with Crippen LogP contribution in [0.4, 0.5) is 0 Å². The molecule has 0 radical (unpaired) electrons. The average Bonchev–Trinajstić information content (AvgIpc) is 2.85. The van der Waals surface area contributed by atoms with Crippen LogP contribution in [-0.2, 0) is 25.6 Å². The van der Waals surface area contributed by atoms with Gasteiger partial charge in [0.05, 0.1) is 18.1 Å². The molecule has 4 rings (SSSR count). The first-order chi connectivity index (χ1) is 16.8. The number of ether oxygens (including phenoxy) is 3. The largest absolute Gasteiger partial charge is 0.492 e. The molecule has 3 atom stereocenters. The highest BCUT2D eigenvalue weighted by molar-refractivity contribution is 5.85. The summed E-state index contributed by atoms with van der Waals surface area (Å²) in [4.78, 5) is 13.4. The Labute approximate surface area is 208 Å². The molecule has 1 aliphatic heterocycles. The molecular weight excluding hydrogens is 440 g/mol. The van der Waals surface area contributed by atoms with E-state index in [0.29, 0.717) is 24.5 Å². The highest BCUT2D eigenvalue weighted by Crippen LogP contribution is 2.40. The maximum absolute atomic E-state index is 13.4. The minimum Gasteiger partial charge on any atom is -0.492 e. The molecule has 0 spiro atoms. The molecule has 0 fully saturated rings. The molecule has 0 saturated heterocycles. The molecule has 0 aromatic heterocycles. The number of rotatable bonds is 9. The number of fused-ring (bicyclic) bond motifs is 1. The van der Waals surface area contributed by atoms with E-state index in [2.05, 4.69) is 13.0 Å². The van der Waals surface area contributed by atoms with Crippen LogP contribution in [0.15, 0.2) is 89.1 Å². The molecule has 0 amide bonds. The lowest BCUT2D eigenvalue weighted by Crippen LogP contribution is -2.32. The van der Waals surface area contributed by atoms with E-state index in [9.17, 15) is 9.90 Å². The Hall–Kier alpha value is -3.05. The summed E-state index contributed by atoms with van der Waals surface area (Å²) in [7, 11) is 0. The molecule has 186 valence electrons. The number of carbonyl (C=O) groups is 1. The van der Waals surface area contributed by atoms with Gasteiger partial charge in [-0.25, -0.2) is 0 Å². The molecule has 35 heavy (non-hydrogen) atoms. The minimum absolute atomic E-state index is 0.0283. The fourth-order valence-corrected chi connectivity index (χ4v) is 4.69. The van der Waals surface area contributed by atoms with Crippen molar-refractivity contribution < 1.29 is 24.1 Å². The van der Waals surface area contributed by atoms with E-state index in [1.54, 1.807) is 0 Å². The number of ketones is 1. The molecule has 2 aliphatic carbocycles. The zero-order valence-corrected chi connectivity index (χ0v) is 21.1. The van der Waals surface area contributed by atoms with Crippen LogP contribution in [0.1, 0.15) is 46.1 Å². The zero-order valence-electron chi connectivity index (χ0n) is 21.1. The summed E-state index contributed by atoms with van der Waals surface area (Å²) >= 11 is 0. The van der Waals surface area contributed by atoms with Crippen LogP contribution < -0.4 is 0 Å². The first-order valence-electron chi connectivity index (χ1n) is 12.5. The van der Waals surface area contributed by atoms with Crippen molar-refractivity contribution in [1.82, 2.24) is 0 Å². The summed E-state index contributed by atoms with van der Waals surface area (Å²) in [5.74, 6) is 1.44. The Bertz CT molecular complexity index is 1090. The van der Waals surface area contributed by atoms with Crippen molar-refractivity contribution >= 4 is 5.78 Å². The summed E-state index contributed by atoms with van der Waals surface area (Å²) in [5, 5.41) is 10.1.